The lowest BCUT2D eigenvalue weighted by Gasteiger charge is -2.22. The van der Waals surface area contributed by atoms with Crippen LogP contribution in [-0.2, 0) is 0 Å². The molecular weight excluding hydrogens is 320 g/mol. The van der Waals surface area contributed by atoms with E-state index < -0.39 is 0 Å². The van der Waals surface area contributed by atoms with Crippen LogP contribution in [0.3, 0.4) is 0 Å². The molecule has 3 aromatic rings. The summed E-state index contributed by atoms with van der Waals surface area (Å²) in [5.41, 5.74) is 6.76. The Morgan fingerprint density at radius 3 is 1.35 bits per heavy atom. The van der Waals surface area contributed by atoms with Crippen molar-refractivity contribution in [2.24, 2.45) is 0 Å². The Kier molecular flexibility index (Phi) is 5.03. The van der Waals surface area contributed by atoms with Gasteiger partial charge in [0.05, 0.1) is 0 Å². The highest BCUT2D eigenvalue weighted by Gasteiger charge is 2.18. The van der Waals surface area contributed by atoms with Crippen molar-refractivity contribution in [1.82, 2.24) is 0 Å². The highest BCUT2D eigenvalue weighted by atomic mass is 16.3. The van der Waals surface area contributed by atoms with Crippen molar-refractivity contribution in [2.45, 2.75) is 39.5 Å². The van der Waals surface area contributed by atoms with Gasteiger partial charge in [-0.05, 0) is 59.4 Å². The van der Waals surface area contributed by atoms with Crippen molar-refractivity contribution in [2.75, 3.05) is 0 Å². The molecule has 0 saturated heterocycles. The van der Waals surface area contributed by atoms with E-state index in [9.17, 15) is 10.2 Å². The van der Waals surface area contributed by atoms with Gasteiger partial charge in [-0.25, -0.2) is 0 Å². The van der Waals surface area contributed by atoms with Crippen molar-refractivity contribution in [3.05, 3.63) is 94.0 Å². The first-order valence-corrected chi connectivity index (χ1v) is 9.06. The van der Waals surface area contributed by atoms with E-state index in [0.717, 1.165) is 11.1 Å². The van der Waals surface area contributed by atoms with Gasteiger partial charge < -0.3 is 10.2 Å². The lowest BCUT2D eigenvalue weighted by atomic mass is 9.82. The first-order chi connectivity index (χ1) is 12.4. The molecule has 134 valence electrons. The van der Waals surface area contributed by atoms with Gasteiger partial charge in [0.15, 0.2) is 0 Å². The quantitative estimate of drug-likeness (QED) is 0.606. The zero-order chi connectivity index (χ0) is 18.8. The Morgan fingerprint density at radius 2 is 1.00 bits per heavy atom. The van der Waals surface area contributed by atoms with Crippen LogP contribution in [0.2, 0.25) is 0 Å². The van der Waals surface area contributed by atoms with Gasteiger partial charge in [-0.2, -0.15) is 0 Å². The van der Waals surface area contributed by atoms with E-state index in [1.807, 2.05) is 26.0 Å². The Hall–Kier alpha value is -2.74. The molecule has 2 nitrogen and oxygen atoms in total. The van der Waals surface area contributed by atoms with Crippen molar-refractivity contribution in [3.63, 3.8) is 0 Å². The summed E-state index contributed by atoms with van der Waals surface area (Å²) in [7, 11) is 0. The molecule has 2 N–H and O–H groups in total. The van der Waals surface area contributed by atoms with Crippen LogP contribution >= 0.6 is 0 Å². The van der Waals surface area contributed by atoms with Gasteiger partial charge in [0, 0.05) is 11.8 Å². The lowest BCUT2D eigenvalue weighted by Crippen LogP contribution is -2.05. The minimum absolute atomic E-state index is 0.228. The molecule has 2 atom stereocenters. The number of hydrogen-bond acceptors (Lipinski definition) is 2. The first kappa shape index (κ1) is 18.1. The summed E-state index contributed by atoms with van der Waals surface area (Å²) in [6, 6.07) is 20.2. The van der Waals surface area contributed by atoms with Gasteiger partial charge in [0.25, 0.3) is 0 Å². The fraction of sp³-hybridized carbons (Fsp3) is 0.250. The zero-order valence-electron chi connectivity index (χ0n) is 15.8. The maximum Gasteiger partial charge on any atom is 0.118 e. The summed E-state index contributed by atoms with van der Waals surface area (Å²) in [5, 5.41) is 19.6. The van der Waals surface area contributed by atoms with E-state index in [0.29, 0.717) is 11.5 Å². The second-order valence-electron chi connectivity index (χ2n) is 7.16. The highest BCUT2D eigenvalue weighted by molar-refractivity contribution is 5.46. The fourth-order valence-corrected chi connectivity index (χ4v) is 3.55. The summed E-state index contributed by atoms with van der Waals surface area (Å²) in [5.74, 6) is 1.13. The summed E-state index contributed by atoms with van der Waals surface area (Å²) in [6.45, 7) is 8.28. The van der Waals surface area contributed by atoms with Crippen molar-refractivity contribution < 1.29 is 10.2 Å². The molecule has 2 heteroatoms. The van der Waals surface area contributed by atoms with Crippen LogP contribution in [0.5, 0.6) is 11.5 Å². The molecule has 2 unspecified atom stereocenters. The number of phenols is 2. The summed E-state index contributed by atoms with van der Waals surface area (Å²) >= 11 is 0. The van der Waals surface area contributed by atoms with E-state index in [1.54, 1.807) is 12.1 Å². The number of benzene rings is 3. The minimum atomic E-state index is 0.228. The summed E-state index contributed by atoms with van der Waals surface area (Å²) in [4.78, 5) is 0. The molecule has 0 fully saturated rings. The van der Waals surface area contributed by atoms with Crippen LogP contribution in [0, 0.1) is 13.8 Å². The van der Waals surface area contributed by atoms with Crippen LogP contribution in [0.15, 0.2) is 60.7 Å². The second-order valence-corrected chi connectivity index (χ2v) is 7.16. The third-order valence-corrected chi connectivity index (χ3v) is 5.37. The summed E-state index contributed by atoms with van der Waals surface area (Å²) in [6.07, 6.45) is 0. The van der Waals surface area contributed by atoms with E-state index in [1.165, 1.54) is 22.3 Å². The van der Waals surface area contributed by atoms with Crippen molar-refractivity contribution >= 4 is 0 Å². The molecule has 0 amide bonds. The molecule has 26 heavy (non-hydrogen) atoms. The lowest BCUT2D eigenvalue weighted by molar-refractivity contribution is 0.470. The van der Waals surface area contributed by atoms with Crippen molar-refractivity contribution in [3.8, 4) is 11.5 Å². The van der Waals surface area contributed by atoms with Crippen LogP contribution in [-0.4, -0.2) is 10.2 Å². The minimum Gasteiger partial charge on any atom is -0.508 e. The fourth-order valence-electron chi connectivity index (χ4n) is 3.55. The number of aromatic hydroxyl groups is 2. The SMILES string of the molecule is Cc1cc(C(C)c2ccccc2C(C)c2ccc(O)c(C)c2)ccc1O. The van der Waals surface area contributed by atoms with Gasteiger partial charge >= 0.3 is 0 Å². The van der Waals surface area contributed by atoms with Crippen LogP contribution in [0.4, 0.5) is 0 Å². The van der Waals surface area contributed by atoms with Gasteiger partial charge in [-0.3, -0.25) is 0 Å². The molecule has 0 saturated carbocycles. The highest BCUT2D eigenvalue weighted by Crippen LogP contribution is 2.36. The van der Waals surface area contributed by atoms with Gasteiger partial charge in [-0.15, -0.1) is 0 Å². The molecule has 0 aromatic heterocycles. The molecule has 3 rings (SSSR count). The smallest absolute Gasteiger partial charge is 0.118 e. The van der Waals surface area contributed by atoms with Crippen molar-refractivity contribution in [1.29, 1.82) is 0 Å². The normalized spacial score (nSPS) is 13.4. The Bertz CT molecular complexity index is 851. The molecule has 0 spiro atoms. The topological polar surface area (TPSA) is 40.5 Å². The molecule has 3 aromatic carbocycles. The Morgan fingerprint density at radius 1 is 0.615 bits per heavy atom. The first-order valence-electron chi connectivity index (χ1n) is 9.06. The third-order valence-electron chi connectivity index (χ3n) is 5.37. The maximum atomic E-state index is 9.82. The largest absolute Gasteiger partial charge is 0.508 e. The third kappa shape index (κ3) is 3.45. The predicted octanol–water partition coefficient (Wildman–Crippen LogP) is 6.02. The average molecular weight is 346 g/mol. The van der Waals surface area contributed by atoms with Gasteiger partial charge in [0.2, 0.25) is 0 Å². The van der Waals surface area contributed by atoms with E-state index in [-0.39, 0.29) is 11.8 Å². The standard InChI is InChI=1S/C24H26O2/c1-15-13-19(9-11-23(15)25)17(3)21-7-5-6-8-22(21)18(4)20-10-12-24(26)16(2)14-20/h5-14,17-18,25-26H,1-4H3. The van der Waals surface area contributed by atoms with Gasteiger partial charge in [0.1, 0.15) is 11.5 Å². The number of aryl methyl sites for hydroxylation is 2. The van der Waals surface area contributed by atoms with E-state index in [2.05, 4.69) is 50.2 Å². The Balaban J connectivity index is 2.01. The number of phenolic OH excluding ortho intramolecular Hbond substituents is 2. The van der Waals surface area contributed by atoms with Crippen LogP contribution in [0.1, 0.15) is 59.1 Å². The molecule has 0 heterocycles. The average Bonchev–Trinajstić information content (AvgIpc) is 2.65. The zero-order valence-corrected chi connectivity index (χ0v) is 15.8. The maximum absolute atomic E-state index is 9.82. The Labute approximate surface area is 155 Å². The number of hydrogen-bond donors (Lipinski definition) is 2. The van der Waals surface area contributed by atoms with Gasteiger partial charge in [-0.1, -0.05) is 62.4 Å². The summed E-state index contributed by atoms with van der Waals surface area (Å²) < 4.78 is 0. The number of rotatable bonds is 4. The van der Waals surface area contributed by atoms with E-state index in [4.69, 9.17) is 0 Å². The molecule has 0 aliphatic rings. The van der Waals surface area contributed by atoms with Crippen LogP contribution in [0.25, 0.3) is 0 Å². The molecule has 0 aliphatic heterocycles. The monoisotopic (exact) mass is 346 g/mol. The van der Waals surface area contributed by atoms with Crippen LogP contribution < -0.4 is 0 Å². The van der Waals surface area contributed by atoms with E-state index >= 15 is 0 Å². The molecule has 0 aliphatic carbocycles. The second kappa shape index (κ2) is 7.25. The molecular formula is C24H26O2. The molecule has 0 bridgehead atoms. The molecule has 0 radical (unpaired) electrons. The predicted molar refractivity (Wildman–Crippen MR) is 107 cm³/mol.